The summed E-state index contributed by atoms with van der Waals surface area (Å²) in [5, 5.41) is 10.0. The van der Waals surface area contributed by atoms with Gasteiger partial charge in [0.15, 0.2) is 0 Å². The summed E-state index contributed by atoms with van der Waals surface area (Å²) in [4.78, 5) is 1.20. The van der Waals surface area contributed by atoms with E-state index in [9.17, 15) is 5.11 Å². The van der Waals surface area contributed by atoms with E-state index in [4.69, 9.17) is 4.11 Å². The standard InChI is InChI=1S/C11H17NO/c1-9(12(2)3)11(13)10-7-5-4-6-8-10/h4-9,11,13H,1-3H3/t9-,11-/m0/s1/i2D3. The van der Waals surface area contributed by atoms with Crippen LogP contribution in [-0.2, 0) is 0 Å². The molecule has 0 unspecified atom stereocenters. The van der Waals surface area contributed by atoms with Gasteiger partial charge in [-0.2, -0.15) is 0 Å². The zero-order valence-electron chi connectivity index (χ0n) is 10.9. The molecule has 0 radical (unpaired) electrons. The van der Waals surface area contributed by atoms with Crippen LogP contribution in [0.2, 0.25) is 0 Å². The van der Waals surface area contributed by atoms with Gasteiger partial charge in [-0.05, 0) is 26.5 Å². The van der Waals surface area contributed by atoms with Gasteiger partial charge < -0.3 is 10.0 Å². The lowest BCUT2D eigenvalue weighted by Crippen LogP contribution is -2.30. The summed E-state index contributed by atoms with van der Waals surface area (Å²) in [6.07, 6.45) is -0.799. The smallest absolute Gasteiger partial charge is 0.0942 e. The Kier molecular flexibility index (Phi) is 2.22. The predicted molar refractivity (Wildman–Crippen MR) is 54.6 cm³/mol. The lowest BCUT2D eigenvalue weighted by Gasteiger charge is -2.25. The maximum absolute atomic E-state index is 10.0. The van der Waals surface area contributed by atoms with Gasteiger partial charge in [0.2, 0.25) is 0 Å². The molecule has 1 aromatic carbocycles. The Morgan fingerprint density at radius 3 is 2.54 bits per heavy atom. The van der Waals surface area contributed by atoms with Crippen molar-refractivity contribution in [2.45, 2.75) is 19.1 Å². The number of hydrogen-bond acceptors (Lipinski definition) is 2. The normalized spacial score (nSPS) is 20.2. The van der Waals surface area contributed by atoms with Gasteiger partial charge in [-0.3, -0.25) is 0 Å². The maximum Gasteiger partial charge on any atom is 0.0942 e. The summed E-state index contributed by atoms with van der Waals surface area (Å²) >= 11 is 0. The molecule has 0 aromatic heterocycles. The van der Waals surface area contributed by atoms with Crippen molar-refractivity contribution in [2.75, 3.05) is 14.0 Å². The van der Waals surface area contributed by atoms with Crippen molar-refractivity contribution in [3.63, 3.8) is 0 Å². The largest absolute Gasteiger partial charge is 0.387 e. The van der Waals surface area contributed by atoms with Crippen LogP contribution in [0.15, 0.2) is 30.3 Å². The lowest BCUT2D eigenvalue weighted by molar-refractivity contribution is 0.0858. The topological polar surface area (TPSA) is 23.5 Å². The van der Waals surface area contributed by atoms with E-state index in [1.165, 1.54) is 11.9 Å². The third-order valence-electron chi connectivity index (χ3n) is 2.21. The zero-order valence-corrected chi connectivity index (χ0v) is 7.94. The van der Waals surface area contributed by atoms with Crippen molar-refractivity contribution in [2.24, 2.45) is 0 Å². The van der Waals surface area contributed by atoms with Crippen LogP contribution in [0.1, 0.15) is 22.7 Å². The van der Waals surface area contributed by atoms with Crippen LogP contribution in [0.4, 0.5) is 0 Å². The summed E-state index contributed by atoms with van der Waals surface area (Å²) in [6.45, 7) is -0.487. The minimum absolute atomic E-state index is 0.463. The van der Waals surface area contributed by atoms with E-state index in [2.05, 4.69) is 0 Å². The van der Waals surface area contributed by atoms with Crippen LogP contribution in [0.3, 0.4) is 0 Å². The molecule has 1 aromatic rings. The van der Waals surface area contributed by atoms with Crippen LogP contribution in [-0.4, -0.2) is 30.1 Å². The predicted octanol–water partition coefficient (Wildman–Crippen LogP) is 1.67. The molecule has 0 amide bonds. The number of aliphatic hydroxyl groups excluding tert-OH is 1. The molecular weight excluding hydrogens is 162 g/mol. The van der Waals surface area contributed by atoms with Crippen molar-refractivity contribution in [3.05, 3.63) is 35.9 Å². The van der Waals surface area contributed by atoms with Gasteiger partial charge in [0.05, 0.1) is 6.10 Å². The molecule has 1 rings (SSSR count). The lowest BCUT2D eigenvalue weighted by atomic mass is 10.0. The molecule has 2 nitrogen and oxygen atoms in total. The summed E-state index contributed by atoms with van der Waals surface area (Å²) in [6, 6.07) is 8.61. The van der Waals surface area contributed by atoms with E-state index < -0.39 is 19.1 Å². The Hall–Kier alpha value is -0.860. The Balaban J connectivity index is 2.79. The molecule has 0 fully saturated rings. The zero-order chi connectivity index (χ0) is 12.3. The molecule has 13 heavy (non-hydrogen) atoms. The highest BCUT2D eigenvalue weighted by atomic mass is 16.3. The first-order valence-electron chi connectivity index (χ1n) is 5.80. The molecule has 0 aliphatic heterocycles. The van der Waals surface area contributed by atoms with Crippen molar-refractivity contribution < 1.29 is 9.22 Å². The van der Waals surface area contributed by atoms with Crippen molar-refractivity contribution in [1.29, 1.82) is 0 Å². The highest BCUT2D eigenvalue weighted by molar-refractivity contribution is 5.18. The summed E-state index contributed by atoms with van der Waals surface area (Å²) in [7, 11) is 1.49. The quantitative estimate of drug-likeness (QED) is 0.768. The Morgan fingerprint density at radius 2 is 2.00 bits per heavy atom. The number of nitrogens with zero attached hydrogens (tertiary/aromatic N) is 1. The molecule has 72 valence electrons. The molecule has 2 atom stereocenters. The molecule has 0 aliphatic carbocycles. The van der Waals surface area contributed by atoms with E-state index >= 15 is 0 Å². The van der Waals surface area contributed by atoms with Gasteiger partial charge >= 0.3 is 0 Å². The minimum atomic E-state index is -2.19. The molecular formula is C11H17NO. The van der Waals surface area contributed by atoms with E-state index in [-0.39, 0.29) is 0 Å². The highest BCUT2D eigenvalue weighted by Crippen LogP contribution is 2.18. The van der Waals surface area contributed by atoms with Gasteiger partial charge in [0.25, 0.3) is 0 Å². The van der Waals surface area contributed by atoms with E-state index in [1.807, 2.05) is 18.2 Å². The Labute approximate surface area is 84.0 Å². The second-order valence-corrected chi connectivity index (χ2v) is 3.21. The van der Waals surface area contributed by atoms with Crippen LogP contribution in [0.5, 0.6) is 0 Å². The first kappa shape index (κ1) is 6.57. The SMILES string of the molecule is [2H]C([2H])([2H])N(C)[C@@H](C)[C@H](O)c1ccccc1. The molecule has 2 heteroatoms. The molecule has 0 bridgehead atoms. The Morgan fingerprint density at radius 1 is 1.38 bits per heavy atom. The van der Waals surface area contributed by atoms with Gasteiger partial charge in [-0.1, -0.05) is 30.3 Å². The number of benzene rings is 1. The fourth-order valence-electron chi connectivity index (χ4n) is 1.14. The second kappa shape index (κ2) is 4.40. The molecule has 0 heterocycles. The third-order valence-corrected chi connectivity index (χ3v) is 2.21. The molecule has 0 saturated carbocycles. The first-order valence-corrected chi connectivity index (χ1v) is 4.30. The van der Waals surface area contributed by atoms with Gasteiger partial charge in [-0.25, -0.2) is 0 Å². The fraction of sp³-hybridized carbons (Fsp3) is 0.455. The number of hydrogen-bond donors (Lipinski definition) is 1. The first-order chi connectivity index (χ1) is 7.34. The second-order valence-electron chi connectivity index (χ2n) is 3.21. The van der Waals surface area contributed by atoms with E-state index in [1.54, 1.807) is 19.1 Å². The highest BCUT2D eigenvalue weighted by Gasteiger charge is 2.17. The molecule has 0 spiro atoms. The van der Waals surface area contributed by atoms with Crippen LogP contribution in [0, 0.1) is 0 Å². The monoisotopic (exact) mass is 182 g/mol. The number of rotatable bonds is 3. The van der Waals surface area contributed by atoms with Crippen molar-refractivity contribution >= 4 is 0 Å². The van der Waals surface area contributed by atoms with Gasteiger partial charge in [-0.15, -0.1) is 0 Å². The van der Waals surface area contributed by atoms with Crippen molar-refractivity contribution in [1.82, 2.24) is 4.90 Å². The molecule has 0 aliphatic rings. The number of aliphatic hydroxyl groups is 1. The van der Waals surface area contributed by atoms with Crippen LogP contribution in [0.25, 0.3) is 0 Å². The van der Waals surface area contributed by atoms with E-state index in [0.717, 1.165) is 5.56 Å². The van der Waals surface area contributed by atoms with Gasteiger partial charge in [0.1, 0.15) is 0 Å². The van der Waals surface area contributed by atoms with Crippen molar-refractivity contribution in [3.8, 4) is 0 Å². The fourth-order valence-corrected chi connectivity index (χ4v) is 1.14. The summed E-state index contributed by atoms with van der Waals surface area (Å²) in [5.41, 5.74) is 0.728. The molecule has 0 saturated heterocycles. The number of likely N-dealkylation sites (N-methyl/N-ethyl adjacent to an activating group) is 1. The summed E-state index contributed by atoms with van der Waals surface area (Å²) < 4.78 is 21.8. The van der Waals surface area contributed by atoms with E-state index in [0.29, 0.717) is 0 Å². The molecule has 1 N–H and O–H groups in total. The van der Waals surface area contributed by atoms with Crippen LogP contribution < -0.4 is 0 Å². The Bertz CT molecular complexity index is 326. The summed E-state index contributed by atoms with van der Waals surface area (Å²) in [5.74, 6) is 0. The average Bonchev–Trinajstić information content (AvgIpc) is 2.26. The average molecular weight is 182 g/mol. The minimum Gasteiger partial charge on any atom is -0.387 e. The van der Waals surface area contributed by atoms with Gasteiger partial charge in [0, 0.05) is 10.2 Å². The third kappa shape index (κ3) is 2.54. The maximum atomic E-state index is 10.0. The van der Waals surface area contributed by atoms with Crippen LogP contribution >= 0.6 is 0 Å².